The molecule has 6 nitrogen and oxygen atoms in total. The van der Waals surface area contributed by atoms with Crippen LogP contribution in [0.4, 0.5) is 4.79 Å². The molecular formula is C15H26N2O4. The van der Waals surface area contributed by atoms with Crippen LogP contribution in [0.1, 0.15) is 25.7 Å². The fourth-order valence-corrected chi connectivity index (χ4v) is 2.62. The van der Waals surface area contributed by atoms with Crippen LogP contribution in [-0.4, -0.2) is 66.8 Å². The topological polar surface area (TPSA) is 70.1 Å². The number of nitrogens with zero attached hydrogens (tertiary/aromatic N) is 2. The fourth-order valence-electron chi connectivity index (χ4n) is 2.62. The number of methoxy groups -OCH3 is 1. The Balaban J connectivity index is 2.53. The molecule has 0 spiro atoms. The Morgan fingerprint density at radius 3 is 2.90 bits per heavy atom. The van der Waals surface area contributed by atoms with Crippen molar-refractivity contribution in [2.75, 3.05) is 39.9 Å². The zero-order chi connectivity index (χ0) is 15.7. The summed E-state index contributed by atoms with van der Waals surface area (Å²) < 4.78 is 5.03. The number of piperidine rings is 1. The minimum absolute atomic E-state index is 0.00743. The SMILES string of the molecule is C=CCN(CCOC)C(=O)N1CCCC(CCC(=O)O)C1. The van der Waals surface area contributed by atoms with Gasteiger partial charge in [0, 0.05) is 39.7 Å². The van der Waals surface area contributed by atoms with E-state index in [1.807, 2.05) is 4.90 Å². The fraction of sp³-hybridized carbons (Fsp3) is 0.733. The van der Waals surface area contributed by atoms with Crippen molar-refractivity contribution in [2.24, 2.45) is 5.92 Å². The molecule has 1 saturated heterocycles. The van der Waals surface area contributed by atoms with E-state index in [0.29, 0.717) is 32.7 Å². The van der Waals surface area contributed by atoms with Gasteiger partial charge in [0.2, 0.25) is 0 Å². The summed E-state index contributed by atoms with van der Waals surface area (Å²) in [4.78, 5) is 26.7. The number of hydrogen-bond donors (Lipinski definition) is 1. The van der Waals surface area contributed by atoms with E-state index in [2.05, 4.69) is 6.58 Å². The number of hydrogen-bond acceptors (Lipinski definition) is 3. The lowest BCUT2D eigenvalue weighted by Gasteiger charge is -2.36. The Labute approximate surface area is 126 Å². The highest BCUT2D eigenvalue weighted by atomic mass is 16.5. The Hall–Kier alpha value is -1.56. The first-order chi connectivity index (χ1) is 10.1. The van der Waals surface area contributed by atoms with E-state index in [4.69, 9.17) is 9.84 Å². The van der Waals surface area contributed by atoms with E-state index < -0.39 is 5.97 Å². The van der Waals surface area contributed by atoms with E-state index in [-0.39, 0.29) is 18.4 Å². The number of carbonyl (C=O) groups is 2. The van der Waals surface area contributed by atoms with Crippen molar-refractivity contribution in [2.45, 2.75) is 25.7 Å². The summed E-state index contributed by atoms with van der Waals surface area (Å²) in [6.45, 7) is 6.60. The van der Waals surface area contributed by atoms with Gasteiger partial charge in [0.1, 0.15) is 0 Å². The number of carbonyl (C=O) groups excluding carboxylic acids is 1. The van der Waals surface area contributed by atoms with Crippen LogP contribution in [0, 0.1) is 5.92 Å². The maximum absolute atomic E-state index is 12.5. The van der Waals surface area contributed by atoms with E-state index >= 15 is 0 Å². The molecule has 0 radical (unpaired) electrons. The molecule has 0 aromatic rings. The number of rotatable bonds is 8. The van der Waals surface area contributed by atoms with Gasteiger partial charge in [-0.2, -0.15) is 0 Å². The zero-order valence-electron chi connectivity index (χ0n) is 12.8. The van der Waals surface area contributed by atoms with Gasteiger partial charge in [0.15, 0.2) is 0 Å². The Kier molecular flexibility index (Phi) is 7.82. The summed E-state index contributed by atoms with van der Waals surface area (Å²) >= 11 is 0. The number of urea groups is 1. The maximum atomic E-state index is 12.5. The molecule has 1 unspecified atom stereocenters. The maximum Gasteiger partial charge on any atom is 0.320 e. The molecule has 6 heteroatoms. The molecule has 1 heterocycles. The van der Waals surface area contributed by atoms with Gasteiger partial charge in [0.05, 0.1) is 6.61 Å². The molecule has 21 heavy (non-hydrogen) atoms. The van der Waals surface area contributed by atoms with E-state index in [1.54, 1.807) is 18.1 Å². The second-order valence-corrected chi connectivity index (χ2v) is 5.40. The number of ether oxygens (including phenoxy) is 1. The molecule has 120 valence electrons. The first-order valence-corrected chi connectivity index (χ1v) is 7.44. The van der Waals surface area contributed by atoms with Crippen molar-refractivity contribution in [1.29, 1.82) is 0 Å². The quantitative estimate of drug-likeness (QED) is 0.694. The van der Waals surface area contributed by atoms with E-state index in [9.17, 15) is 9.59 Å². The lowest BCUT2D eigenvalue weighted by Crippen LogP contribution is -2.48. The number of carboxylic acids is 1. The minimum Gasteiger partial charge on any atom is -0.481 e. The van der Waals surface area contributed by atoms with E-state index in [1.165, 1.54) is 0 Å². The van der Waals surface area contributed by atoms with Gasteiger partial charge in [-0.3, -0.25) is 4.79 Å². The molecule has 1 aliphatic heterocycles. The van der Waals surface area contributed by atoms with Gasteiger partial charge in [-0.05, 0) is 25.2 Å². The predicted molar refractivity (Wildman–Crippen MR) is 80.2 cm³/mol. The minimum atomic E-state index is -0.771. The molecule has 2 amide bonds. The Morgan fingerprint density at radius 2 is 2.29 bits per heavy atom. The van der Waals surface area contributed by atoms with Crippen molar-refractivity contribution >= 4 is 12.0 Å². The monoisotopic (exact) mass is 298 g/mol. The Morgan fingerprint density at radius 1 is 1.52 bits per heavy atom. The second-order valence-electron chi connectivity index (χ2n) is 5.40. The van der Waals surface area contributed by atoms with Crippen LogP contribution in [0.25, 0.3) is 0 Å². The molecule has 0 aromatic heterocycles. The average molecular weight is 298 g/mol. The van der Waals surface area contributed by atoms with Gasteiger partial charge in [-0.15, -0.1) is 6.58 Å². The lowest BCUT2D eigenvalue weighted by molar-refractivity contribution is -0.137. The molecule has 0 aliphatic carbocycles. The van der Waals surface area contributed by atoms with Crippen molar-refractivity contribution in [3.05, 3.63) is 12.7 Å². The number of likely N-dealkylation sites (tertiary alicyclic amines) is 1. The summed E-state index contributed by atoms with van der Waals surface area (Å²) in [5.41, 5.74) is 0. The first-order valence-electron chi connectivity index (χ1n) is 7.44. The van der Waals surface area contributed by atoms with Crippen LogP contribution in [-0.2, 0) is 9.53 Å². The highest BCUT2D eigenvalue weighted by molar-refractivity contribution is 5.74. The third-order valence-electron chi connectivity index (χ3n) is 3.74. The standard InChI is InChI=1S/C15H26N2O4/c1-3-8-16(10-11-21-2)15(20)17-9-4-5-13(12-17)6-7-14(18)19/h3,13H,1,4-12H2,2H3,(H,18,19). The van der Waals surface area contributed by atoms with Crippen LogP contribution >= 0.6 is 0 Å². The lowest BCUT2D eigenvalue weighted by atomic mass is 9.93. The molecule has 1 fully saturated rings. The highest BCUT2D eigenvalue weighted by Gasteiger charge is 2.26. The zero-order valence-corrected chi connectivity index (χ0v) is 12.8. The normalized spacial score (nSPS) is 18.3. The van der Waals surface area contributed by atoms with E-state index in [0.717, 1.165) is 19.4 Å². The molecule has 1 N–H and O–H groups in total. The van der Waals surface area contributed by atoms with Crippen LogP contribution in [0.5, 0.6) is 0 Å². The van der Waals surface area contributed by atoms with Crippen molar-refractivity contribution in [3.8, 4) is 0 Å². The van der Waals surface area contributed by atoms with Crippen LogP contribution < -0.4 is 0 Å². The number of amides is 2. The largest absolute Gasteiger partial charge is 0.481 e. The molecular weight excluding hydrogens is 272 g/mol. The summed E-state index contributed by atoms with van der Waals surface area (Å²) in [7, 11) is 1.61. The van der Waals surface area contributed by atoms with Crippen LogP contribution in [0.2, 0.25) is 0 Å². The van der Waals surface area contributed by atoms with Crippen LogP contribution in [0.15, 0.2) is 12.7 Å². The summed E-state index contributed by atoms with van der Waals surface area (Å²) in [5.74, 6) is -0.487. The van der Waals surface area contributed by atoms with Gasteiger partial charge < -0.3 is 19.6 Å². The Bertz CT molecular complexity index is 360. The average Bonchev–Trinajstić information content (AvgIpc) is 2.49. The van der Waals surface area contributed by atoms with Gasteiger partial charge in [-0.25, -0.2) is 4.79 Å². The molecule has 0 aromatic carbocycles. The van der Waals surface area contributed by atoms with Gasteiger partial charge in [0.25, 0.3) is 0 Å². The third kappa shape index (κ3) is 6.16. The third-order valence-corrected chi connectivity index (χ3v) is 3.74. The smallest absolute Gasteiger partial charge is 0.320 e. The molecule has 1 rings (SSSR count). The second kappa shape index (κ2) is 9.39. The molecule has 1 atom stereocenters. The number of aliphatic carboxylic acids is 1. The first kappa shape index (κ1) is 17.5. The summed E-state index contributed by atoms with van der Waals surface area (Å²) in [6.07, 6.45) is 4.45. The summed E-state index contributed by atoms with van der Waals surface area (Å²) in [5, 5.41) is 8.76. The van der Waals surface area contributed by atoms with Crippen molar-refractivity contribution < 1.29 is 19.4 Å². The van der Waals surface area contributed by atoms with Crippen LogP contribution in [0.3, 0.4) is 0 Å². The van der Waals surface area contributed by atoms with Gasteiger partial charge in [-0.1, -0.05) is 6.08 Å². The summed E-state index contributed by atoms with van der Waals surface area (Å²) in [6, 6.07) is -0.00743. The predicted octanol–water partition coefficient (Wildman–Crippen LogP) is 1.82. The molecule has 1 aliphatic rings. The molecule has 0 bridgehead atoms. The number of carboxylic acid groups (broad SMARTS) is 1. The van der Waals surface area contributed by atoms with Crippen molar-refractivity contribution in [1.82, 2.24) is 9.80 Å². The van der Waals surface area contributed by atoms with Gasteiger partial charge >= 0.3 is 12.0 Å². The highest BCUT2D eigenvalue weighted by Crippen LogP contribution is 2.22. The molecule has 0 saturated carbocycles. The van der Waals surface area contributed by atoms with Crippen molar-refractivity contribution in [3.63, 3.8) is 0 Å².